The zero-order valence-corrected chi connectivity index (χ0v) is 27.8. The van der Waals surface area contributed by atoms with Crippen molar-refractivity contribution in [3.8, 4) is 0 Å². The van der Waals surface area contributed by atoms with Crippen LogP contribution < -0.4 is 16.0 Å². The molecule has 4 aromatic carbocycles. The van der Waals surface area contributed by atoms with Crippen LogP contribution in [0.3, 0.4) is 0 Å². The maximum absolute atomic E-state index is 11.4. The highest BCUT2D eigenvalue weighted by Gasteiger charge is 2.13. The van der Waals surface area contributed by atoms with Gasteiger partial charge in [0.1, 0.15) is 0 Å². The molecule has 0 aliphatic rings. The van der Waals surface area contributed by atoms with Crippen LogP contribution in [0.1, 0.15) is 61.2 Å². The smallest absolute Gasteiger partial charge is 0.335 e. The normalized spacial score (nSPS) is 11.0. The van der Waals surface area contributed by atoms with Crippen LogP contribution in [0.15, 0.2) is 105 Å². The second-order valence-electron chi connectivity index (χ2n) is 11.1. The third kappa shape index (κ3) is 10.4. The minimum Gasteiger partial charge on any atom is -0.478 e. The molecule has 7 N–H and O–H groups in total. The molecular weight excluding hydrogens is 688 g/mol. The fraction of sp³-hybridized carbons (Fsp3) is 0.114. The van der Waals surface area contributed by atoms with E-state index in [-0.39, 0.29) is 45.5 Å². The van der Waals surface area contributed by atoms with Crippen molar-refractivity contribution in [2.75, 3.05) is 22.5 Å². The number of carboxylic acid groups (broad SMARTS) is 4. The van der Waals surface area contributed by atoms with E-state index in [1.165, 1.54) is 24.3 Å². The van der Waals surface area contributed by atoms with E-state index < -0.39 is 23.9 Å². The summed E-state index contributed by atoms with van der Waals surface area (Å²) in [5, 5.41) is 62.7. The Labute approximate surface area is 300 Å². The van der Waals surface area contributed by atoms with Crippen LogP contribution in [-0.4, -0.2) is 65.8 Å². The van der Waals surface area contributed by atoms with Gasteiger partial charge in [-0.05, 0) is 91.3 Å². The molecule has 0 unspecified atom stereocenters. The van der Waals surface area contributed by atoms with E-state index in [9.17, 15) is 39.6 Å². The Morgan fingerprint density at radius 3 is 1.19 bits per heavy atom. The number of nitrogens with one attached hydrogen (secondary N) is 3. The van der Waals surface area contributed by atoms with Gasteiger partial charge in [0.05, 0.1) is 45.0 Å². The molecule has 0 saturated carbocycles. The lowest BCUT2D eigenvalue weighted by Crippen LogP contribution is -2.10. The Bertz CT molecular complexity index is 2010. The van der Waals surface area contributed by atoms with Crippen LogP contribution in [0, 0.1) is 0 Å². The molecule has 1 aromatic heterocycles. The molecular formula is C35H30N10O8. The van der Waals surface area contributed by atoms with Gasteiger partial charge in [0, 0.05) is 17.9 Å². The molecule has 0 fully saturated rings. The lowest BCUT2D eigenvalue weighted by atomic mass is 10.1. The van der Waals surface area contributed by atoms with Crippen molar-refractivity contribution >= 4 is 75.8 Å². The summed E-state index contributed by atoms with van der Waals surface area (Å²) in [6.45, 7) is 2.69. The van der Waals surface area contributed by atoms with Gasteiger partial charge in [0.25, 0.3) is 0 Å². The first-order valence-electron chi connectivity index (χ1n) is 15.8. The SMILES string of the molecule is CCCCNc1nc(Nc2ccc(N=Nc3cc(C(=O)O)cc(C(=O)O)c3)cc2)nc(Nc2ccc(N=Nc3cc(C(=O)O)cc(C(=O)O)c3)cc2)n1. The molecule has 18 heteroatoms. The Morgan fingerprint density at radius 1 is 0.509 bits per heavy atom. The topological polar surface area (TPSA) is 273 Å². The van der Waals surface area contributed by atoms with E-state index in [4.69, 9.17) is 0 Å². The highest BCUT2D eigenvalue weighted by molar-refractivity contribution is 5.96. The molecule has 5 aromatic rings. The van der Waals surface area contributed by atoms with Crippen molar-refractivity contribution in [1.82, 2.24) is 15.0 Å². The second kappa shape index (κ2) is 16.9. The lowest BCUT2D eigenvalue weighted by Gasteiger charge is -2.11. The fourth-order valence-corrected chi connectivity index (χ4v) is 4.49. The minimum atomic E-state index is -1.29. The molecule has 0 atom stereocenters. The summed E-state index contributed by atoms with van der Waals surface area (Å²) in [6.07, 6.45) is 1.85. The van der Waals surface area contributed by atoms with Gasteiger partial charge in [-0.2, -0.15) is 35.4 Å². The molecule has 0 bridgehead atoms. The van der Waals surface area contributed by atoms with Crippen LogP contribution in [-0.2, 0) is 0 Å². The first kappa shape index (κ1) is 36.6. The minimum absolute atomic E-state index is 0.0659. The van der Waals surface area contributed by atoms with Crippen LogP contribution in [0.2, 0.25) is 0 Å². The summed E-state index contributed by atoms with van der Waals surface area (Å²) in [5.74, 6) is -4.40. The molecule has 0 aliphatic carbocycles. The summed E-state index contributed by atoms with van der Waals surface area (Å²) in [5.41, 5.74) is 1.24. The zero-order valence-electron chi connectivity index (χ0n) is 27.8. The number of carbonyl (C=O) groups is 4. The Balaban J connectivity index is 1.30. The summed E-state index contributed by atoms with van der Waals surface area (Å²) in [7, 11) is 0. The van der Waals surface area contributed by atoms with Gasteiger partial charge in [-0.15, -0.1) is 0 Å². The van der Waals surface area contributed by atoms with Crippen LogP contribution in [0.4, 0.5) is 52.0 Å². The predicted octanol–water partition coefficient (Wildman–Crippen LogP) is 8.19. The largest absolute Gasteiger partial charge is 0.478 e. The van der Waals surface area contributed by atoms with E-state index in [1.807, 2.05) is 0 Å². The molecule has 0 amide bonds. The number of unbranched alkanes of at least 4 members (excludes halogenated alkanes) is 1. The molecule has 268 valence electrons. The first-order chi connectivity index (χ1) is 25.4. The number of carboxylic acids is 4. The van der Waals surface area contributed by atoms with E-state index >= 15 is 0 Å². The van der Waals surface area contributed by atoms with Crippen LogP contribution in [0.25, 0.3) is 0 Å². The monoisotopic (exact) mass is 718 g/mol. The van der Waals surface area contributed by atoms with Gasteiger partial charge < -0.3 is 36.4 Å². The number of nitrogens with zero attached hydrogens (tertiary/aromatic N) is 7. The van der Waals surface area contributed by atoms with E-state index in [0.717, 1.165) is 25.0 Å². The van der Waals surface area contributed by atoms with Crippen molar-refractivity contribution < 1.29 is 39.6 Å². The standard InChI is InChI=1S/C35H30N10O8/c1-2-3-12-36-33-39-34(37-23-4-8-25(9-5-23)42-44-27-15-19(29(46)47)13-20(16-27)30(48)49)41-35(40-33)38-24-6-10-26(11-7-24)43-45-28-17-21(31(50)51)14-22(18-28)32(52)53/h4-11,13-18H,2-3,12H2,1H3,(H,46,47)(H,48,49)(H,50,51)(H,52,53)(H3,36,37,38,39,40,41). The van der Waals surface area contributed by atoms with Crippen molar-refractivity contribution in [3.63, 3.8) is 0 Å². The number of aromatic carboxylic acids is 4. The molecule has 0 aliphatic heterocycles. The molecule has 0 spiro atoms. The van der Waals surface area contributed by atoms with Crippen LogP contribution in [0.5, 0.6) is 0 Å². The van der Waals surface area contributed by atoms with Gasteiger partial charge in [0.2, 0.25) is 17.8 Å². The Hall–Kier alpha value is -7.63. The number of rotatable bonds is 16. The molecule has 53 heavy (non-hydrogen) atoms. The molecule has 0 saturated heterocycles. The van der Waals surface area contributed by atoms with E-state index in [0.29, 0.717) is 35.2 Å². The second-order valence-corrected chi connectivity index (χ2v) is 11.1. The highest BCUT2D eigenvalue weighted by atomic mass is 16.4. The fourth-order valence-electron chi connectivity index (χ4n) is 4.49. The molecule has 5 rings (SSSR count). The first-order valence-corrected chi connectivity index (χ1v) is 15.8. The van der Waals surface area contributed by atoms with Crippen molar-refractivity contribution in [2.24, 2.45) is 20.5 Å². The molecule has 18 nitrogen and oxygen atoms in total. The van der Waals surface area contributed by atoms with E-state index in [2.05, 4.69) is 58.3 Å². The van der Waals surface area contributed by atoms with Crippen LogP contribution >= 0.6 is 0 Å². The number of azo groups is 2. The Kier molecular flexibility index (Phi) is 11.7. The van der Waals surface area contributed by atoms with E-state index in [1.54, 1.807) is 48.5 Å². The number of hydrogen-bond donors (Lipinski definition) is 7. The third-order valence-electron chi connectivity index (χ3n) is 7.08. The summed E-state index contributed by atoms with van der Waals surface area (Å²) in [6, 6.07) is 20.3. The molecule has 1 heterocycles. The number of benzene rings is 4. The lowest BCUT2D eigenvalue weighted by molar-refractivity contribution is 0.0676. The van der Waals surface area contributed by atoms with Gasteiger partial charge in [-0.25, -0.2) is 19.2 Å². The maximum atomic E-state index is 11.4. The number of anilines is 5. The number of hydrogen-bond acceptors (Lipinski definition) is 14. The average molecular weight is 719 g/mol. The average Bonchev–Trinajstić information content (AvgIpc) is 3.14. The van der Waals surface area contributed by atoms with Crippen molar-refractivity contribution in [2.45, 2.75) is 19.8 Å². The zero-order chi connectivity index (χ0) is 37.9. The van der Waals surface area contributed by atoms with Gasteiger partial charge in [-0.3, -0.25) is 0 Å². The highest BCUT2D eigenvalue weighted by Crippen LogP contribution is 2.26. The van der Waals surface area contributed by atoms with Gasteiger partial charge >= 0.3 is 23.9 Å². The third-order valence-corrected chi connectivity index (χ3v) is 7.08. The van der Waals surface area contributed by atoms with Gasteiger partial charge in [-0.1, -0.05) is 13.3 Å². The summed E-state index contributed by atoms with van der Waals surface area (Å²) < 4.78 is 0. The van der Waals surface area contributed by atoms with Crippen molar-refractivity contribution in [3.05, 3.63) is 107 Å². The predicted molar refractivity (Wildman–Crippen MR) is 192 cm³/mol. The number of aromatic nitrogens is 3. The maximum Gasteiger partial charge on any atom is 0.335 e. The summed E-state index contributed by atoms with van der Waals surface area (Å²) in [4.78, 5) is 58.9. The summed E-state index contributed by atoms with van der Waals surface area (Å²) >= 11 is 0. The molecule has 0 radical (unpaired) electrons. The van der Waals surface area contributed by atoms with Crippen molar-refractivity contribution in [1.29, 1.82) is 0 Å². The quantitative estimate of drug-likeness (QED) is 0.0374. The Morgan fingerprint density at radius 2 is 0.849 bits per heavy atom. The van der Waals surface area contributed by atoms with Gasteiger partial charge in [0.15, 0.2) is 0 Å².